The van der Waals surface area contributed by atoms with Crippen LogP contribution in [-0.2, 0) is 16.0 Å². The summed E-state index contributed by atoms with van der Waals surface area (Å²) in [5.41, 5.74) is 2.06. The van der Waals surface area contributed by atoms with Gasteiger partial charge in [-0.05, 0) is 36.9 Å². The molecule has 0 spiro atoms. The van der Waals surface area contributed by atoms with Crippen LogP contribution in [0.1, 0.15) is 16.9 Å². The lowest BCUT2D eigenvalue weighted by molar-refractivity contribution is -0.126. The average Bonchev–Trinajstić information content (AvgIpc) is 3.11. The van der Waals surface area contributed by atoms with Crippen LogP contribution in [0.15, 0.2) is 41.8 Å². The lowest BCUT2D eigenvalue weighted by atomic mass is 10.2. The highest BCUT2D eigenvalue weighted by atomic mass is 32.1. The molecular formula is C17H18N2O2S. The molecule has 1 aliphatic heterocycles. The Morgan fingerprint density at radius 3 is 2.77 bits per heavy atom. The number of aryl methyl sites for hydroxylation is 1. The Balaban J connectivity index is 1.61. The minimum Gasteiger partial charge on any atom is -0.344 e. The van der Waals surface area contributed by atoms with Crippen molar-refractivity contribution in [2.24, 2.45) is 0 Å². The van der Waals surface area contributed by atoms with Crippen molar-refractivity contribution in [2.75, 3.05) is 11.4 Å². The van der Waals surface area contributed by atoms with Gasteiger partial charge in [0.1, 0.15) is 6.04 Å². The number of hydrogen-bond acceptors (Lipinski definition) is 3. The van der Waals surface area contributed by atoms with E-state index in [1.54, 1.807) is 16.2 Å². The highest BCUT2D eigenvalue weighted by Gasteiger charge is 2.33. The first-order valence-electron chi connectivity index (χ1n) is 7.33. The Labute approximate surface area is 133 Å². The van der Waals surface area contributed by atoms with Gasteiger partial charge in [0.05, 0.1) is 6.42 Å². The molecule has 1 aromatic carbocycles. The molecule has 1 aliphatic rings. The maximum Gasteiger partial charge on any atom is 0.249 e. The third-order valence-corrected chi connectivity index (χ3v) is 4.68. The van der Waals surface area contributed by atoms with Gasteiger partial charge in [-0.3, -0.25) is 9.59 Å². The smallest absolute Gasteiger partial charge is 0.249 e. The molecular weight excluding hydrogens is 296 g/mol. The van der Waals surface area contributed by atoms with Crippen LogP contribution >= 0.6 is 11.3 Å². The first-order chi connectivity index (χ1) is 10.6. The third kappa shape index (κ3) is 3.20. The summed E-state index contributed by atoms with van der Waals surface area (Å²) in [6.45, 7) is 2.66. The second-order valence-electron chi connectivity index (χ2n) is 5.49. The van der Waals surface area contributed by atoms with Crippen molar-refractivity contribution >= 4 is 28.8 Å². The number of benzene rings is 1. The lowest BCUT2D eigenvalue weighted by Gasteiger charge is -2.17. The zero-order chi connectivity index (χ0) is 15.5. The molecule has 1 atom stereocenters. The van der Waals surface area contributed by atoms with E-state index in [1.807, 2.05) is 48.7 Å². The molecule has 0 aliphatic carbocycles. The minimum absolute atomic E-state index is 0.0246. The van der Waals surface area contributed by atoms with Crippen molar-refractivity contribution < 1.29 is 9.59 Å². The molecule has 1 saturated heterocycles. The molecule has 0 bridgehead atoms. The minimum atomic E-state index is -0.409. The van der Waals surface area contributed by atoms with Gasteiger partial charge in [0.2, 0.25) is 11.8 Å². The zero-order valence-corrected chi connectivity index (χ0v) is 13.2. The Morgan fingerprint density at radius 1 is 1.32 bits per heavy atom. The number of carbonyl (C=O) groups is 2. The molecule has 114 valence electrons. The molecule has 2 aromatic rings. The van der Waals surface area contributed by atoms with E-state index in [1.165, 1.54) is 0 Å². The SMILES string of the molecule is Cc1ccc(N2CCC(NC(=O)Cc3cccs3)C2=O)cc1. The highest BCUT2D eigenvalue weighted by molar-refractivity contribution is 7.10. The molecule has 0 radical (unpaired) electrons. The van der Waals surface area contributed by atoms with E-state index in [0.29, 0.717) is 19.4 Å². The molecule has 1 fully saturated rings. The number of hydrogen-bond donors (Lipinski definition) is 1. The van der Waals surface area contributed by atoms with Gasteiger partial charge in [-0.1, -0.05) is 23.8 Å². The average molecular weight is 314 g/mol. The van der Waals surface area contributed by atoms with Gasteiger partial charge in [0.15, 0.2) is 0 Å². The number of carbonyl (C=O) groups excluding carboxylic acids is 2. The van der Waals surface area contributed by atoms with Crippen LogP contribution in [0.25, 0.3) is 0 Å². The van der Waals surface area contributed by atoms with Crippen LogP contribution in [0.5, 0.6) is 0 Å². The number of amides is 2. The second kappa shape index (κ2) is 6.32. The van der Waals surface area contributed by atoms with Gasteiger partial charge in [-0.2, -0.15) is 0 Å². The highest BCUT2D eigenvalue weighted by Crippen LogP contribution is 2.22. The molecule has 1 aromatic heterocycles. The summed E-state index contributed by atoms with van der Waals surface area (Å²) in [6.07, 6.45) is 0.995. The van der Waals surface area contributed by atoms with E-state index in [0.717, 1.165) is 16.1 Å². The number of nitrogens with zero attached hydrogens (tertiary/aromatic N) is 1. The predicted molar refractivity (Wildman–Crippen MR) is 88.1 cm³/mol. The molecule has 1 unspecified atom stereocenters. The largest absolute Gasteiger partial charge is 0.344 e. The molecule has 2 amide bonds. The van der Waals surface area contributed by atoms with E-state index in [9.17, 15) is 9.59 Å². The van der Waals surface area contributed by atoms with Crippen molar-refractivity contribution in [3.8, 4) is 0 Å². The van der Waals surface area contributed by atoms with Crippen molar-refractivity contribution in [3.05, 3.63) is 52.2 Å². The fourth-order valence-corrected chi connectivity index (χ4v) is 3.32. The van der Waals surface area contributed by atoms with E-state index >= 15 is 0 Å². The normalized spacial score (nSPS) is 17.8. The number of anilines is 1. The van der Waals surface area contributed by atoms with E-state index in [4.69, 9.17) is 0 Å². The monoisotopic (exact) mass is 314 g/mol. The molecule has 1 N–H and O–H groups in total. The topological polar surface area (TPSA) is 49.4 Å². The molecule has 0 saturated carbocycles. The predicted octanol–water partition coefficient (Wildman–Crippen LogP) is 2.52. The summed E-state index contributed by atoms with van der Waals surface area (Å²) >= 11 is 1.55. The first kappa shape index (κ1) is 14.8. The zero-order valence-electron chi connectivity index (χ0n) is 12.4. The second-order valence-corrected chi connectivity index (χ2v) is 6.52. The van der Waals surface area contributed by atoms with Gasteiger partial charge < -0.3 is 10.2 Å². The van der Waals surface area contributed by atoms with Crippen LogP contribution in [0.2, 0.25) is 0 Å². The van der Waals surface area contributed by atoms with E-state index < -0.39 is 6.04 Å². The summed E-state index contributed by atoms with van der Waals surface area (Å²) in [5, 5.41) is 4.80. The van der Waals surface area contributed by atoms with E-state index in [2.05, 4.69) is 5.32 Å². The van der Waals surface area contributed by atoms with Gasteiger partial charge in [0, 0.05) is 17.1 Å². The van der Waals surface area contributed by atoms with E-state index in [-0.39, 0.29) is 11.8 Å². The van der Waals surface area contributed by atoms with Crippen LogP contribution in [-0.4, -0.2) is 24.4 Å². The third-order valence-electron chi connectivity index (χ3n) is 3.80. The van der Waals surface area contributed by atoms with Gasteiger partial charge >= 0.3 is 0 Å². The van der Waals surface area contributed by atoms with Crippen molar-refractivity contribution in [1.82, 2.24) is 5.32 Å². The molecule has 22 heavy (non-hydrogen) atoms. The summed E-state index contributed by atoms with van der Waals surface area (Å²) in [7, 11) is 0. The van der Waals surface area contributed by atoms with Crippen molar-refractivity contribution in [2.45, 2.75) is 25.8 Å². The van der Waals surface area contributed by atoms with Gasteiger partial charge in [-0.15, -0.1) is 11.3 Å². The van der Waals surface area contributed by atoms with Gasteiger partial charge in [-0.25, -0.2) is 0 Å². The summed E-state index contributed by atoms with van der Waals surface area (Å²) in [6, 6.07) is 11.3. The van der Waals surface area contributed by atoms with Crippen molar-refractivity contribution in [3.63, 3.8) is 0 Å². The Morgan fingerprint density at radius 2 is 2.09 bits per heavy atom. The first-order valence-corrected chi connectivity index (χ1v) is 8.21. The number of nitrogens with one attached hydrogen (secondary N) is 1. The number of thiophene rings is 1. The standard InChI is InChI=1S/C17H18N2O2S/c1-12-4-6-13(7-5-12)19-9-8-15(17(19)21)18-16(20)11-14-3-2-10-22-14/h2-7,10,15H,8-9,11H2,1H3,(H,18,20). The molecule has 2 heterocycles. The quantitative estimate of drug-likeness (QED) is 0.943. The Kier molecular flexibility index (Phi) is 4.24. The van der Waals surface area contributed by atoms with Crippen LogP contribution in [0, 0.1) is 6.92 Å². The molecule has 5 heteroatoms. The maximum absolute atomic E-state index is 12.4. The van der Waals surface area contributed by atoms with Crippen molar-refractivity contribution in [1.29, 1.82) is 0 Å². The van der Waals surface area contributed by atoms with Gasteiger partial charge in [0.25, 0.3) is 0 Å². The fourth-order valence-electron chi connectivity index (χ4n) is 2.61. The molecule has 4 nitrogen and oxygen atoms in total. The fraction of sp³-hybridized carbons (Fsp3) is 0.294. The Bertz CT molecular complexity index is 664. The summed E-state index contributed by atoms with van der Waals surface area (Å²) in [4.78, 5) is 27.2. The van der Waals surface area contributed by atoms with Crippen LogP contribution in [0.4, 0.5) is 5.69 Å². The summed E-state index contributed by atoms with van der Waals surface area (Å²) < 4.78 is 0. The van der Waals surface area contributed by atoms with Crippen LogP contribution in [0.3, 0.4) is 0 Å². The van der Waals surface area contributed by atoms with Crippen LogP contribution < -0.4 is 10.2 Å². The lowest BCUT2D eigenvalue weighted by Crippen LogP contribution is -2.42. The molecule has 3 rings (SSSR count). The summed E-state index contributed by atoms with van der Waals surface area (Å²) in [5.74, 6) is -0.116. The number of rotatable bonds is 4. The maximum atomic E-state index is 12.4. The Hall–Kier alpha value is -2.14.